The molecular weight excluding hydrogens is 368 g/mol. The molecule has 0 bridgehead atoms. The first kappa shape index (κ1) is 19.9. The van der Waals surface area contributed by atoms with Crippen molar-refractivity contribution < 1.29 is 14.4 Å². The minimum absolute atomic E-state index is 0.00546. The zero-order valence-electron chi connectivity index (χ0n) is 17.0. The van der Waals surface area contributed by atoms with Gasteiger partial charge in [-0.05, 0) is 56.8 Å². The number of hydrogen-bond donors (Lipinski definition) is 1. The number of nitrogens with zero attached hydrogens (tertiary/aromatic N) is 3. The van der Waals surface area contributed by atoms with Crippen LogP contribution in [0.1, 0.15) is 38.5 Å². The summed E-state index contributed by atoms with van der Waals surface area (Å²) >= 11 is 0. The van der Waals surface area contributed by atoms with Crippen LogP contribution in [0.4, 0.5) is 10.5 Å². The minimum Gasteiger partial charge on any atom is -0.345 e. The third-order valence-electron chi connectivity index (χ3n) is 6.58. The van der Waals surface area contributed by atoms with E-state index >= 15 is 0 Å². The van der Waals surface area contributed by atoms with E-state index in [0.29, 0.717) is 17.6 Å². The topological polar surface area (TPSA) is 73.0 Å². The van der Waals surface area contributed by atoms with E-state index in [0.717, 1.165) is 17.9 Å². The lowest BCUT2D eigenvalue weighted by molar-refractivity contribution is -0.133. The Kier molecular flexibility index (Phi) is 5.85. The zero-order chi connectivity index (χ0) is 20.4. The van der Waals surface area contributed by atoms with E-state index in [1.165, 1.54) is 38.8 Å². The number of benzene rings is 1. The van der Waals surface area contributed by atoms with Gasteiger partial charge in [0.05, 0.1) is 12.1 Å². The summed E-state index contributed by atoms with van der Waals surface area (Å²) in [6.07, 6.45) is 6.11. The molecule has 3 aliphatic heterocycles. The van der Waals surface area contributed by atoms with Crippen molar-refractivity contribution in [2.24, 2.45) is 5.92 Å². The van der Waals surface area contributed by atoms with E-state index in [-0.39, 0.29) is 18.2 Å². The van der Waals surface area contributed by atoms with Crippen molar-refractivity contribution in [3.8, 4) is 0 Å². The van der Waals surface area contributed by atoms with E-state index < -0.39 is 12.1 Å². The molecule has 0 saturated carbocycles. The number of hydrogen-bond acceptors (Lipinski definition) is 4. The summed E-state index contributed by atoms with van der Waals surface area (Å²) in [5.41, 5.74) is 0.526. The lowest BCUT2D eigenvalue weighted by Crippen LogP contribution is -2.51. The van der Waals surface area contributed by atoms with Crippen molar-refractivity contribution in [2.75, 3.05) is 31.6 Å². The Morgan fingerprint density at radius 3 is 2.66 bits per heavy atom. The molecule has 3 unspecified atom stereocenters. The van der Waals surface area contributed by atoms with E-state index in [1.54, 1.807) is 29.2 Å². The monoisotopic (exact) mass is 398 g/mol. The summed E-state index contributed by atoms with van der Waals surface area (Å²) < 4.78 is 0. The summed E-state index contributed by atoms with van der Waals surface area (Å²) in [6.45, 7) is 3.07. The smallest absolute Gasteiger partial charge is 0.329 e. The largest absolute Gasteiger partial charge is 0.345 e. The molecule has 1 aromatic carbocycles. The number of fused-ring (bicyclic) bond motifs is 1. The van der Waals surface area contributed by atoms with Gasteiger partial charge in [-0.2, -0.15) is 0 Å². The number of para-hydroxylation sites is 1. The number of piperidine rings is 2. The first-order valence-electron chi connectivity index (χ1n) is 10.7. The zero-order valence-corrected chi connectivity index (χ0v) is 17.0. The van der Waals surface area contributed by atoms with Crippen molar-refractivity contribution in [3.05, 3.63) is 30.3 Å². The average Bonchev–Trinajstić information content (AvgIpc) is 3.01. The van der Waals surface area contributed by atoms with E-state index in [1.807, 2.05) is 13.1 Å². The van der Waals surface area contributed by atoms with Gasteiger partial charge in [0.2, 0.25) is 5.91 Å². The molecule has 3 heterocycles. The summed E-state index contributed by atoms with van der Waals surface area (Å²) in [6, 6.07) is 8.13. The van der Waals surface area contributed by atoms with Crippen LogP contribution in [-0.4, -0.2) is 66.4 Å². The summed E-state index contributed by atoms with van der Waals surface area (Å²) in [5, 5.41) is 2.67. The molecule has 4 rings (SSSR count). The van der Waals surface area contributed by atoms with Crippen molar-refractivity contribution in [1.29, 1.82) is 0 Å². The molecule has 3 atom stereocenters. The maximum Gasteiger partial charge on any atom is 0.329 e. The quantitative estimate of drug-likeness (QED) is 0.772. The fourth-order valence-electron chi connectivity index (χ4n) is 5.07. The molecule has 0 aromatic heterocycles. The molecule has 0 radical (unpaired) electrons. The maximum atomic E-state index is 12.8. The Hall–Kier alpha value is -2.41. The van der Waals surface area contributed by atoms with E-state index in [2.05, 4.69) is 10.2 Å². The number of rotatable bonds is 5. The molecule has 3 saturated heterocycles. The van der Waals surface area contributed by atoms with E-state index in [4.69, 9.17) is 0 Å². The van der Waals surface area contributed by atoms with Gasteiger partial charge in [-0.25, -0.2) is 9.69 Å². The molecule has 3 fully saturated rings. The Morgan fingerprint density at radius 1 is 1.10 bits per heavy atom. The Morgan fingerprint density at radius 2 is 1.86 bits per heavy atom. The first-order valence-corrected chi connectivity index (χ1v) is 10.7. The molecule has 0 aliphatic carbocycles. The second-order valence-corrected chi connectivity index (χ2v) is 8.49. The molecule has 1 N–H and O–H groups in total. The molecule has 29 heavy (non-hydrogen) atoms. The van der Waals surface area contributed by atoms with Gasteiger partial charge >= 0.3 is 6.03 Å². The summed E-state index contributed by atoms with van der Waals surface area (Å²) in [5.74, 6) is 0.0401. The van der Waals surface area contributed by atoms with Crippen LogP contribution < -0.4 is 10.2 Å². The number of nitrogens with one attached hydrogen (secondary N) is 1. The number of imide groups is 1. The predicted molar refractivity (Wildman–Crippen MR) is 110 cm³/mol. The van der Waals surface area contributed by atoms with Gasteiger partial charge in [-0.15, -0.1) is 0 Å². The van der Waals surface area contributed by atoms with Crippen molar-refractivity contribution in [3.63, 3.8) is 0 Å². The van der Waals surface area contributed by atoms with Crippen LogP contribution >= 0.6 is 0 Å². The first-order chi connectivity index (χ1) is 14.0. The van der Waals surface area contributed by atoms with Crippen LogP contribution in [0.2, 0.25) is 0 Å². The molecule has 0 spiro atoms. The summed E-state index contributed by atoms with van der Waals surface area (Å²) in [7, 11) is 1.82. The predicted octanol–water partition coefficient (Wildman–Crippen LogP) is 2.22. The van der Waals surface area contributed by atoms with Crippen LogP contribution in [0.5, 0.6) is 0 Å². The van der Waals surface area contributed by atoms with Gasteiger partial charge < -0.3 is 15.1 Å². The molecule has 156 valence electrons. The number of carbonyl (C=O) groups excluding carboxylic acids is 3. The lowest BCUT2D eigenvalue weighted by atomic mass is 9.83. The highest BCUT2D eigenvalue weighted by Gasteiger charge is 2.41. The number of urea groups is 1. The fourth-order valence-corrected chi connectivity index (χ4v) is 5.07. The van der Waals surface area contributed by atoms with Gasteiger partial charge in [0.15, 0.2) is 0 Å². The van der Waals surface area contributed by atoms with Crippen LogP contribution in [0.25, 0.3) is 0 Å². The van der Waals surface area contributed by atoms with Crippen LogP contribution in [0.15, 0.2) is 30.3 Å². The standard InChI is InChI=1S/C22H30N4O3/c1-24(15-16-8-7-13-25-12-6-5-11-19(16)25)20(27)14-18-21(28)26(22(29)23-18)17-9-3-2-4-10-17/h2-4,9-10,16,18-19H,5-8,11-15H2,1H3,(H,23,29). The number of amides is 4. The molecule has 4 amide bonds. The van der Waals surface area contributed by atoms with Gasteiger partial charge in [-0.3, -0.25) is 9.59 Å². The van der Waals surface area contributed by atoms with Crippen molar-refractivity contribution >= 4 is 23.5 Å². The second-order valence-electron chi connectivity index (χ2n) is 8.49. The molecule has 1 aromatic rings. The fraction of sp³-hybridized carbons (Fsp3) is 0.591. The highest BCUT2D eigenvalue weighted by molar-refractivity contribution is 6.22. The van der Waals surface area contributed by atoms with Crippen molar-refractivity contribution in [2.45, 2.75) is 50.6 Å². The molecule has 7 nitrogen and oxygen atoms in total. The normalized spacial score (nSPS) is 27.5. The van der Waals surface area contributed by atoms with Crippen molar-refractivity contribution in [1.82, 2.24) is 15.1 Å². The van der Waals surface area contributed by atoms with Crippen LogP contribution in [0.3, 0.4) is 0 Å². The third kappa shape index (κ3) is 4.15. The van der Waals surface area contributed by atoms with Gasteiger partial charge in [0.25, 0.3) is 5.91 Å². The van der Waals surface area contributed by atoms with Crippen LogP contribution in [-0.2, 0) is 9.59 Å². The minimum atomic E-state index is -0.796. The maximum absolute atomic E-state index is 12.8. The number of carbonyl (C=O) groups is 3. The molecule has 7 heteroatoms. The van der Waals surface area contributed by atoms with Gasteiger partial charge in [0, 0.05) is 19.6 Å². The highest BCUT2D eigenvalue weighted by Crippen LogP contribution is 2.31. The van der Waals surface area contributed by atoms with Crippen LogP contribution in [0, 0.1) is 5.92 Å². The van der Waals surface area contributed by atoms with Gasteiger partial charge in [-0.1, -0.05) is 24.6 Å². The second kappa shape index (κ2) is 8.53. The number of anilines is 1. The Balaban J connectivity index is 1.35. The Bertz CT molecular complexity index is 767. The van der Waals surface area contributed by atoms with Gasteiger partial charge in [0.1, 0.15) is 6.04 Å². The molecule has 3 aliphatic rings. The SMILES string of the molecule is CN(CC1CCCN2CCCCC12)C(=O)CC1NC(=O)N(c2ccccc2)C1=O. The molecular formula is C22H30N4O3. The van der Waals surface area contributed by atoms with E-state index in [9.17, 15) is 14.4 Å². The average molecular weight is 399 g/mol. The Labute approximate surface area is 172 Å². The lowest BCUT2D eigenvalue weighted by Gasteiger charge is -2.45. The summed E-state index contributed by atoms with van der Waals surface area (Å²) in [4.78, 5) is 43.3. The third-order valence-corrected chi connectivity index (χ3v) is 6.58. The highest BCUT2D eigenvalue weighted by atomic mass is 16.2.